The van der Waals surface area contributed by atoms with Crippen LogP contribution >= 0.6 is 11.6 Å². The summed E-state index contributed by atoms with van der Waals surface area (Å²) < 4.78 is 50.9. The number of anilines is 1. The molecular formula is C27H25ClF4N2O4. The number of benzene rings is 3. The molecule has 1 aliphatic rings. The number of hydrogen-bond donors (Lipinski definition) is 2. The van der Waals surface area contributed by atoms with Gasteiger partial charge < -0.3 is 15.2 Å². The summed E-state index contributed by atoms with van der Waals surface area (Å²) in [6.45, 7) is 2.62. The number of amides is 1. The van der Waals surface area contributed by atoms with Gasteiger partial charge in [0, 0.05) is 30.9 Å². The van der Waals surface area contributed by atoms with Gasteiger partial charge in [0.1, 0.15) is 17.7 Å². The van der Waals surface area contributed by atoms with Crippen LogP contribution in [0, 0.1) is 5.82 Å². The molecule has 0 bridgehead atoms. The molecule has 1 heterocycles. The molecule has 6 nitrogen and oxygen atoms in total. The van der Waals surface area contributed by atoms with Gasteiger partial charge in [0.05, 0.1) is 5.02 Å². The summed E-state index contributed by atoms with van der Waals surface area (Å²) in [5, 5.41) is 10.5. The zero-order chi connectivity index (χ0) is 27.7. The molecule has 202 valence electrons. The van der Waals surface area contributed by atoms with Crippen LogP contribution in [-0.2, 0) is 11.3 Å². The highest BCUT2D eigenvalue weighted by molar-refractivity contribution is 6.32. The van der Waals surface area contributed by atoms with Crippen LogP contribution in [0.5, 0.6) is 5.75 Å². The number of carbonyl (C=O) groups excluding carboxylic acids is 1. The van der Waals surface area contributed by atoms with Crippen molar-refractivity contribution in [2.24, 2.45) is 0 Å². The van der Waals surface area contributed by atoms with Crippen molar-refractivity contribution in [1.82, 2.24) is 4.90 Å². The predicted octanol–water partition coefficient (Wildman–Crippen LogP) is 6.41. The second kappa shape index (κ2) is 13.3. The number of ether oxygens (including phenoxy) is 1. The fourth-order valence-corrected chi connectivity index (χ4v) is 3.90. The van der Waals surface area contributed by atoms with E-state index < -0.39 is 12.1 Å². The summed E-state index contributed by atoms with van der Waals surface area (Å²) in [6, 6.07) is 21.0. The van der Waals surface area contributed by atoms with E-state index in [0.29, 0.717) is 22.0 Å². The van der Waals surface area contributed by atoms with Gasteiger partial charge in [-0.1, -0.05) is 41.9 Å². The number of rotatable bonds is 6. The first-order valence-corrected chi connectivity index (χ1v) is 12.0. The average molecular weight is 553 g/mol. The number of carboxylic acid groups (broad SMARTS) is 1. The molecule has 2 N–H and O–H groups in total. The normalized spacial score (nSPS) is 14.2. The van der Waals surface area contributed by atoms with Crippen molar-refractivity contribution in [2.45, 2.75) is 31.7 Å². The van der Waals surface area contributed by atoms with E-state index in [2.05, 4.69) is 10.2 Å². The lowest BCUT2D eigenvalue weighted by molar-refractivity contribution is -0.192. The highest BCUT2D eigenvalue weighted by atomic mass is 35.5. The smallest absolute Gasteiger partial charge is 0.489 e. The van der Waals surface area contributed by atoms with Crippen LogP contribution in [0.2, 0.25) is 5.02 Å². The third kappa shape index (κ3) is 9.04. The number of carboxylic acids is 1. The maximum Gasteiger partial charge on any atom is 0.490 e. The predicted molar refractivity (Wildman–Crippen MR) is 135 cm³/mol. The molecule has 0 spiro atoms. The van der Waals surface area contributed by atoms with Crippen molar-refractivity contribution in [3.63, 3.8) is 0 Å². The van der Waals surface area contributed by atoms with Gasteiger partial charge in [-0.15, -0.1) is 0 Å². The maximum absolute atomic E-state index is 13.1. The quantitative estimate of drug-likeness (QED) is 0.346. The van der Waals surface area contributed by atoms with Crippen molar-refractivity contribution in [3.05, 3.63) is 94.8 Å². The van der Waals surface area contributed by atoms with E-state index in [-0.39, 0.29) is 17.8 Å². The van der Waals surface area contributed by atoms with Gasteiger partial charge in [0.15, 0.2) is 0 Å². The third-order valence-corrected chi connectivity index (χ3v) is 5.91. The summed E-state index contributed by atoms with van der Waals surface area (Å²) in [7, 11) is 0. The van der Waals surface area contributed by atoms with E-state index in [0.717, 1.165) is 38.0 Å². The molecule has 1 fully saturated rings. The number of aliphatic carboxylic acids is 1. The Morgan fingerprint density at radius 1 is 1.00 bits per heavy atom. The highest BCUT2D eigenvalue weighted by Crippen LogP contribution is 2.30. The van der Waals surface area contributed by atoms with Gasteiger partial charge in [-0.05, 0) is 60.9 Å². The van der Waals surface area contributed by atoms with E-state index >= 15 is 0 Å². The zero-order valence-electron chi connectivity index (χ0n) is 20.1. The summed E-state index contributed by atoms with van der Waals surface area (Å²) in [6.07, 6.45) is -3.21. The van der Waals surface area contributed by atoms with Gasteiger partial charge in [-0.2, -0.15) is 13.2 Å². The Balaban J connectivity index is 0.000000505. The van der Waals surface area contributed by atoms with E-state index in [9.17, 15) is 22.4 Å². The number of piperidine rings is 1. The Bertz CT molecular complexity index is 1220. The first-order valence-electron chi connectivity index (χ1n) is 11.6. The summed E-state index contributed by atoms with van der Waals surface area (Å²) in [5.74, 6) is -2.53. The Hall–Kier alpha value is -3.63. The van der Waals surface area contributed by atoms with Crippen molar-refractivity contribution in [2.75, 3.05) is 18.4 Å². The van der Waals surface area contributed by atoms with Crippen molar-refractivity contribution in [1.29, 1.82) is 0 Å². The molecule has 0 atom stereocenters. The number of hydrogen-bond acceptors (Lipinski definition) is 4. The Morgan fingerprint density at radius 3 is 2.16 bits per heavy atom. The summed E-state index contributed by atoms with van der Waals surface area (Å²) in [4.78, 5) is 23.5. The fraction of sp³-hybridized carbons (Fsp3) is 0.259. The Labute approximate surface area is 221 Å². The molecule has 0 aliphatic carbocycles. The second-order valence-electron chi connectivity index (χ2n) is 8.49. The Kier molecular flexibility index (Phi) is 10.1. The molecule has 0 unspecified atom stereocenters. The number of nitrogens with one attached hydrogen (secondary N) is 1. The van der Waals surface area contributed by atoms with Crippen molar-refractivity contribution >= 4 is 29.2 Å². The molecule has 1 amide bonds. The SMILES string of the molecule is O=C(Nc1ccc(OC2CCN(Cc3ccc(F)cc3)CC2)c(Cl)c1)c1ccccc1.O=C(O)C(F)(F)F. The summed E-state index contributed by atoms with van der Waals surface area (Å²) in [5.41, 5.74) is 2.32. The van der Waals surface area contributed by atoms with Gasteiger partial charge in [-0.3, -0.25) is 9.69 Å². The zero-order valence-corrected chi connectivity index (χ0v) is 20.8. The molecule has 0 aromatic heterocycles. The topological polar surface area (TPSA) is 78.9 Å². The lowest BCUT2D eigenvalue weighted by Crippen LogP contribution is -2.37. The van der Waals surface area contributed by atoms with Crippen LogP contribution in [0.4, 0.5) is 23.2 Å². The van der Waals surface area contributed by atoms with Crippen LogP contribution in [0.3, 0.4) is 0 Å². The van der Waals surface area contributed by atoms with Gasteiger partial charge in [0.2, 0.25) is 0 Å². The van der Waals surface area contributed by atoms with Crippen LogP contribution in [0.15, 0.2) is 72.8 Å². The Morgan fingerprint density at radius 2 is 1.61 bits per heavy atom. The molecule has 38 heavy (non-hydrogen) atoms. The molecular weight excluding hydrogens is 528 g/mol. The monoisotopic (exact) mass is 552 g/mol. The van der Waals surface area contributed by atoms with E-state index in [1.165, 1.54) is 12.1 Å². The maximum atomic E-state index is 13.1. The molecule has 11 heteroatoms. The first-order chi connectivity index (χ1) is 18.0. The largest absolute Gasteiger partial charge is 0.490 e. The third-order valence-electron chi connectivity index (χ3n) is 5.62. The highest BCUT2D eigenvalue weighted by Gasteiger charge is 2.38. The molecule has 0 saturated carbocycles. The number of carbonyl (C=O) groups is 2. The van der Waals surface area contributed by atoms with Gasteiger partial charge in [-0.25, -0.2) is 9.18 Å². The molecule has 1 aliphatic heterocycles. The van der Waals surface area contributed by atoms with Gasteiger partial charge in [0.25, 0.3) is 5.91 Å². The van der Waals surface area contributed by atoms with Crippen LogP contribution in [0.25, 0.3) is 0 Å². The molecule has 0 radical (unpaired) electrons. The molecule has 4 rings (SSSR count). The van der Waals surface area contributed by atoms with Crippen LogP contribution < -0.4 is 10.1 Å². The van der Waals surface area contributed by atoms with E-state index in [1.807, 2.05) is 30.3 Å². The summed E-state index contributed by atoms with van der Waals surface area (Å²) >= 11 is 6.41. The minimum atomic E-state index is -5.08. The standard InChI is InChI=1S/C25H24ClFN2O2.C2HF3O2/c26-23-16-21(28-25(30)19-4-2-1-3-5-19)10-11-24(23)31-22-12-14-29(15-13-22)17-18-6-8-20(27)9-7-18;3-2(4,5)1(6)7/h1-11,16,22H,12-15,17H2,(H,28,30);(H,6,7). The lowest BCUT2D eigenvalue weighted by atomic mass is 10.1. The van der Waals surface area contributed by atoms with E-state index in [1.54, 1.807) is 30.3 Å². The van der Waals surface area contributed by atoms with Crippen molar-refractivity contribution in [3.8, 4) is 5.75 Å². The number of likely N-dealkylation sites (tertiary alicyclic amines) is 1. The average Bonchev–Trinajstić information content (AvgIpc) is 2.88. The molecule has 3 aromatic rings. The molecule has 3 aromatic carbocycles. The number of alkyl halides is 3. The second-order valence-corrected chi connectivity index (χ2v) is 8.90. The number of halogens is 5. The van der Waals surface area contributed by atoms with Crippen LogP contribution in [-0.4, -0.2) is 47.3 Å². The van der Waals surface area contributed by atoms with E-state index in [4.69, 9.17) is 26.2 Å². The minimum absolute atomic E-state index is 0.0896. The van der Waals surface area contributed by atoms with Gasteiger partial charge >= 0.3 is 12.1 Å². The fourth-order valence-electron chi connectivity index (χ4n) is 3.68. The van der Waals surface area contributed by atoms with Crippen molar-refractivity contribution < 1.29 is 37.0 Å². The first kappa shape index (κ1) is 28.9. The minimum Gasteiger partial charge on any atom is -0.489 e. The lowest BCUT2D eigenvalue weighted by Gasteiger charge is -2.32. The molecule has 1 saturated heterocycles. The van der Waals surface area contributed by atoms with Crippen LogP contribution in [0.1, 0.15) is 28.8 Å². The number of nitrogens with zero attached hydrogens (tertiary/aromatic N) is 1.